The first kappa shape index (κ1) is 22.0. The number of carbonyl (C=O) groups excluding carboxylic acids is 1. The molecule has 7 rings (SSSR count). The molecule has 6 heteroatoms. The zero-order valence-electron chi connectivity index (χ0n) is 20.4. The second kappa shape index (κ2) is 8.31. The van der Waals surface area contributed by atoms with Gasteiger partial charge in [0.15, 0.2) is 0 Å². The smallest absolute Gasteiger partial charge is 0.228 e. The average molecular weight is 463 g/mol. The number of hydrogen-bond donors (Lipinski definition) is 0. The molecule has 2 heterocycles. The number of rotatable bonds is 4. The van der Waals surface area contributed by atoms with E-state index in [1.54, 1.807) is 6.07 Å². The molecule has 1 aliphatic heterocycles. The highest BCUT2D eigenvalue weighted by atomic mass is 19.1. The van der Waals surface area contributed by atoms with E-state index in [1.807, 2.05) is 26.0 Å². The van der Waals surface area contributed by atoms with Crippen molar-refractivity contribution in [2.75, 3.05) is 31.1 Å². The molecule has 1 saturated heterocycles. The van der Waals surface area contributed by atoms with E-state index in [0.29, 0.717) is 17.9 Å². The lowest BCUT2D eigenvalue weighted by atomic mass is 9.49. The number of halogens is 1. The van der Waals surface area contributed by atoms with Crippen LogP contribution in [0, 0.1) is 42.8 Å². The fourth-order valence-electron chi connectivity index (χ4n) is 7.85. The maximum Gasteiger partial charge on any atom is 0.228 e. The number of aromatic nitrogens is 2. The first-order valence-electron chi connectivity index (χ1n) is 13.0. The number of piperazine rings is 1. The van der Waals surface area contributed by atoms with Crippen molar-refractivity contribution in [2.45, 2.75) is 58.8 Å². The summed E-state index contributed by atoms with van der Waals surface area (Å²) in [6, 6.07) is 6.93. The third-order valence-corrected chi connectivity index (χ3v) is 8.99. The number of hydrogen-bond acceptors (Lipinski definition) is 4. The number of benzene rings is 1. The zero-order chi connectivity index (χ0) is 23.4. The molecular weight excluding hydrogens is 427 g/mol. The number of aryl methyl sites for hydroxylation is 2. The van der Waals surface area contributed by atoms with Gasteiger partial charge in [0.2, 0.25) is 5.91 Å². The van der Waals surface area contributed by atoms with Crippen LogP contribution in [0.1, 0.15) is 61.2 Å². The van der Waals surface area contributed by atoms with Crippen molar-refractivity contribution in [2.24, 2.45) is 23.2 Å². The molecule has 4 saturated carbocycles. The Labute approximate surface area is 201 Å². The maximum absolute atomic E-state index is 14.4. The minimum absolute atomic E-state index is 0.0744. The van der Waals surface area contributed by atoms with Gasteiger partial charge in [-0.05, 0) is 81.8 Å². The number of carbonyl (C=O) groups is 1. The molecule has 5 aliphatic rings. The molecule has 0 unspecified atom stereocenters. The van der Waals surface area contributed by atoms with Gasteiger partial charge in [-0.25, -0.2) is 14.4 Å². The summed E-state index contributed by atoms with van der Waals surface area (Å²) in [5.41, 5.74) is 2.47. The Kier molecular flexibility index (Phi) is 5.38. The van der Waals surface area contributed by atoms with E-state index in [9.17, 15) is 9.18 Å². The maximum atomic E-state index is 14.4. The van der Waals surface area contributed by atoms with E-state index >= 15 is 0 Å². The molecule has 1 aromatic carbocycles. The fourth-order valence-corrected chi connectivity index (χ4v) is 7.85. The van der Waals surface area contributed by atoms with Crippen LogP contribution < -0.4 is 4.90 Å². The summed E-state index contributed by atoms with van der Waals surface area (Å²) < 4.78 is 14.4. The van der Waals surface area contributed by atoms with Crippen molar-refractivity contribution in [3.05, 3.63) is 52.7 Å². The van der Waals surface area contributed by atoms with Crippen molar-refractivity contribution in [1.82, 2.24) is 14.9 Å². The van der Waals surface area contributed by atoms with Crippen LogP contribution in [0.3, 0.4) is 0 Å². The molecule has 1 aromatic heterocycles. The van der Waals surface area contributed by atoms with Gasteiger partial charge >= 0.3 is 0 Å². The van der Waals surface area contributed by atoms with Gasteiger partial charge in [0.25, 0.3) is 0 Å². The molecule has 0 atom stereocenters. The van der Waals surface area contributed by atoms with Crippen LogP contribution in [-0.4, -0.2) is 47.0 Å². The zero-order valence-corrected chi connectivity index (χ0v) is 20.4. The van der Waals surface area contributed by atoms with Gasteiger partial charge in [0, 0.05) is 43.9 Å². The second-order valence-corrected chi connectivity index (χ2v) is 11.4. The first-order chi connectivity index (χ1) is 16.4. The Morgan fingerprint density at radius 3 is 2.21 bits per heavy atom. The first-order valence-corrected chi connectivity index (χ1v) is 13.0. The third kappa shape index (κ3) is 3.79. The quantitative estimate of drug-likeness (QED) is 0.662. The lowest BCUT2D eigenvalue weighted by Gasteiger charge is -2.57. The minimum atomic E-state index is -0.195. The molecular formula is C28H35FN4O. The van der Waals surface area contributed by atoms with Gasteiger partial charge in [0.05, 0.1) is 5.41 Å². The monoisotopic (exact) mass is 462 g/mol. The van der Waals surface area contributed by atoms with Crippen molar-refractivity contribution >= 4 is 11.7 Å². The van der Waals surface area contributed by atoms with Gasteiger partial charge in [-0.2, -0.15) is 0 Å². The average Bonchev–Trinajstić information content (AvgIpc) is 2.80. The highest BCUT2D eigenvalue weighted by Crippen LogP contribution is 2.60. The second-order valence-electron chi connectivity index (χ2n) is 11.4. The Balaban J connectivity index is 1.19. The molecule has 4 aliphatic carbocycles. The molecule has 5 nitrogen and oxygen atoms in total. The molecule has 5 fully saturated rings. The van der Waals surface area contributed by atoms with Crippen molar-refractivity contribution in [1.29, 1.82) is 0 Å². The molecule has 34 heavy (non-hydrogen) atoms. The van der Waals surface area contributed by atoms with Crippen LogP contribution in [0.2, 0.25) is 0 Å². The molecule has 0 spiro atoms. The van der Waals surface area contributed by atoms with Crippen molar-refractivity contribution in [3.8, 4) is 0 Å². The van der Waals surface area contributed by atoms with Crippen LogP contribution in [0.15, 0.2) is 24.3 Å². The Morgan fingerprint density at radius 1 is 0.971 bits per heavy atom. The van der Waals surface area contributed by atoms with E-state index in [2.05, 4.69) is 14.8 Å². The SMILES string of the molecule is Cc1nc(C)c(Cc2ccccc2F)c(N2CCN(C(=O)C34CC5CC(CC(C5)C3)C4)CC2)n1. The Morgan fingerprint density at radius 2 is 1.59 bits per heavy atom. The largest absolute Gasteiger partial charge is 0.353 e. The number of nitrogens with zero attached hydrogens (tertiary/aromatic N) is 4. The topological polar surface area (TPSA) is 49.3 Å². The summed E-state index contributed by atoms with van der Waals surface area (Å²) in [7, 11) is 0. The van der Waals surface area contributed by atoms with E-state index in [4.69, 9.17) is 4.98 Å². The van der Waals surface area contributed by atoms with Gasteiger partial charge in [-0.3, -0.25) is 4.79 Å². The lowest BCUT2D eigenvalue weighted by molar-refractivity contribution is -0.158. The van der Waals surface area contributed by atoms with Gasteiger partial charge in [-0.1, -0.05) is 18.2 Å². The Bertz CT molecular complexity index is 1070. The number of amides is 1. The third-order valence-electron chi connectivity index (χ3n) is 8.99. The summed E-state index contributed by atoms with van der Waals surface area (Å²) in [5.74, 6) is 4.21. The summed E-state index contributed by atoms with van der Waals surface area (Å²) >= 11 is 0. The van der Waals surface area contributed by atoms with Crippen molar-refractivity contribution in [3.63, 3.8) is 0 Å². The molecule has 1 amide bonds. The van der Waals surface area contributed by atoms with Crippen LogP contribution >= 0.6 is 0 Å². The summed E-state index contributed by atoms with van der Waals surface area (Å²) in [5, 5.41) is 0. The Hall–Kier alpha value is -2.50. The van der Waals surface area contributed by atoms with E-state index in [0.717, 1.165) is 86.1 Å². The van der Waals surface area contributed by atoms with Crippen molar-refractivity contribution < 1.29 is 9.18 Å². The van der Waals surface area contributed by atoms with Gasteiger partial charge in [0.1, 0.15) is 17.5 Å². The van der Waals surface area contributed by atoms with E-state index in [1.165, 1.54) is 25.3 Å². The molecule has 180 valence electrons. The molecule has 0 N–H and O–H groups in total. The molecule has 4 bridgehead atoms. The highest BCUT2D eigenvalue weighted by Gasteiger charge is 2.55. The van der Waals surface area contributed by atoms with Crippen LogP contribution in [-0.2, 0) is 11.2 Å². The molecule has 2 aromatic rings. The van der Waals surface area contributed by atoms with Crippen LogP contribution in [0.4, 0.5) is 10.2 Å². The predicted molar refractivity (Wildman–Crippen MR) is 130 cm³/mol. The predicted octanol–water partition coefficient (Wildman–Crippen LogP) is 4.69. The summed E-state index contributed by atoms with van der Waals surface area (Å²) in [6.45, 7) is 6.90. The van der Waals surface area contributed by atoms with Crippen LogP contribution in [0.5, 0.6) is 0 Å². The van der Waals surface area contributed by atoms with E-state index < -0.39 is 0 Å². The molecule has 0 radical (unpaired) electrons. The van der Waals surface area contributed by atoms with Crippen LogP contribution in [0.25, 0.3) is 0 Å². The summed E-state index contributed by atoms with van der Waals surface area (Å²) in [4.78, 5) is 27.6. The standard InChI is InChI=1S/C28H35FN4O/c1-18-24(14-23-5-3-4-6-25(23)29)26(31-19(2)30-18)32-7-9-33(10-8-32)27(34)28-15-20-11-21(16-28)13-22(12-20)17-28/h3-6,20-22H,7-17H2,1-2H3. The minimum Gasteiger partial charge on any atom is -0.353 e. The number of anilines is 1. The van der Waals surface area contributed by atoms with Gasteiger partial charge in [-0.15, -0.1) is 0 Å². The summed E-state index contributed by atoms with van der Waals surface area (Å²) in [6.07, 6.45) is 7.91. The fraction of sp³-hybridized carbons (Fsp3) is 0.607. The normalized spacial score (nSPS) is 30.1. The lowest BCUT2D eigenvalue weighted by Crippen LogP contribution is -2.58. The highest BCUT2D eigenvalue weighted by molar-refractivity contribution is 5.83. The van der Waals surface area contributed by atoms with E-state index in [-0.39, 0.29) is 11.2 Å². The van der Waals surface area contributed by atoms with Gasteiger partial charge < -0.3 is 9.80 Å².